The van der Waals surface area contributed by atoms with E-state index in [0.717, 1.165) is 61.8 Å². The Morgan fingerprint density at radius 1 is 1.12 bits per heavy atom. The lowest BCUT2D eigenvalue weighted by atomic mass is 9.99. The molecule has 2 aromatic rings. The van der Waals surface area contributed by atoms with E-state index >= 15 is 0 Å². The number of rotatable bonds is 6. The topological polar surface area (TPSA) is 46.6 Å². The van der Waals surface area contributed by atoms with Crippen LogP contribution in [0.2, 0.25) is 0 Å². The Hall–Kier alpha value is -2.11. The average Bonchev–Trinajstić information content (AvgIpc) is 2.98. The second-order valence-electron chi connectivity index (χ2n) is 6.59. The van der Waals surface area contributed by atoms with E-state index in [1.165, 1.54) is 5.56 Å². The summed E-state index contributed by atoms with van der Waals surface area (Å²) in [6.45, 7) is 6.22. The summed E-state index contributed by atoms with van der Waals surface area (Å²) in [6.07, 6.45) is 4.12. The lowest BCUT2D eigenvalue weighted by Crippen LogP contribution is -2.33. The molecule has 1 aromatic heterocycles. The van der Waals surface area contributed by atoms with E-state index in [4.69, 9.17) is 14.5 Å². The Morgan fingerprint density at radius 3 is 2.69 bits per heavy atom. The summed E-state index contributed by atoms with van der Waals surface area (Å²) in [5.41, 5.74) is 3.45. The highest BCUT2D eigenvalue weighted by Crippen LogP contribution is 2.36. The summed E-state index contributed by atoms with van der Waals surface area (Å²) in [4.78, 5) is 7.30. The first kappa shape index (κ1) is 18.7. The van der Waals surface area contributed by atoms with Crippen LogP contribution in [0.5, 0.6) is 11.5 Å². The van der Waals surface area contributed by atoms with Gasteiger partial charge in [-0.3, -0.25) is 9.88 Å². The second kappa shape index (κ2) is 9.01. The molecule has 0 amide bonds. The van der Waals surface area contributed by atoms with Gasteiger partial charge >= 0.3 is 0 Å². The first-order valence-electron chi connectivity index (χ1n) is 9.38. The molecule has 0 bridgehead atoms. The van der Waals surface area contributed by atoms with Crippen LogP contribution in [0, 0.1) is 0 Å². The van der Waals surface area contributed by atoms with Gasteiger partial charge in [-0.2, -0.15) is 0 Å². The highest BCUT2D eigenvalue weighted by Gasteiger charge is 2.27. The molecule has 5 heteroatoms. The van der Waals surface area contributed by atoms with Crippen LogP contribution in [0.4, 0.5) is 0 Å². The lowest BCUT2D eigenvalue weighted by Gasteiger charge is -2.31. The van der Waals surface area contributed by atoms with Crippen molar-refractivity contribution in [3.8, 4) is 11.5 Å². The Balaban J connectivity index is 2.04. The quantitative estimate of drug-likeness (QED) is 0.863. The Morgan fingerprint density at radius 2 is 2.00 bits per heavy atom. The van der Waals surface area contributed by atoms with Gasteiger partial charge in [0, 0.05) is 37.5 Å². The van der Waals surface area contributed by atoms with E-state index in [-0.39, 0.29) is 6.04 Å². The number of hydrogen-bond acceptors (Lipinski definition) is 5. The fourth-order valence-corrected chi connectivity index (χ4v) is 3.52. The van der Waals surface area contributed by atoms with Crippen LogP contribution in [-0.4, -0.2) is 50.3 Å². The first-order valence-corrected chi connectivity index (χ1v) is 9.38. The standard InChI is InChI=1S/C21H29N3O2/c1-4-16-6-9-19(23-15-16)21(24-12-5-10-22-11-13-24)18-8-7-17(25-2)14-20(18)26-3/h6-9,14-15,21-22H,4-5,10-13H2,1-3H3. The van der Waals surface area contributed by atoms with Gasteiger partial charge in [0.2, 0.25) is 0 Å². The molecule has 2 heterocycles. The largest absolute Gasteiger partial charge is 0.497 e. The number of methoxy groups -OCH3 is 2. The number of aromatic nitrogens is 1. The number of hydrogen-bond donors (Lipinski definition) is 1. The monoisotopic (exact) mass is 355 g/mol. The van der Waals surface area contributed by atoms with Crippen LogP contribution in [0.15, 0.2) is 36.5 Å². The normalized spacial score (nSPS) is 16.7. The minimum atomic E-state index is 0.0710. The molecule has 1 aliphatic heterocycles. The molecular formula is C21H29N3O2. The van der Waals surface area contributed by atoms with Crippen molar-refractivity contribution in [1.82, 2.24) is 15.2 Å². The maximum Gasteiger partial charge on any atom is 0.127 e. The fraction of sp³-hybridized carbons (Fsp3) is 0.476. The summed E-state index contributed by atoms with van der Waals surface area (Å²) < 4.78 is 11.1. The van der Waals surface area contributed by atoms with Crippen molar-refractivity contribution < 1.29 is 9.47 Å². The smallest absolute Gasteiger partial charge is 0.127 e. The van der Waals surface area contributed by atoms with Crippen molar-refractivity contribution in [3.63, 3.8) is 0 Å². The molecule has 1 atom stereocenters. The number of benzene rings is 1. The fourth-order valence-electron chi connectivity index (χ4n) is 3.52. The lowest BCUT2D eigenvalue weighted by molar-refractivity contribution is 0.232. The maximum atomic E-state index is 5.71. The van der Waals surface area contributed by atoms with Gasteiger partial charge in [0.05, 0.1) is 26.0 Å². The zero-order valence-electron chi connectivity index (χ0n) is 16.0. The minimum Gasteiger partial charge on any atom is -0.497 e. The van der Waals surface area contributed by atoms with Crippen molar-refractivity contribution in [2.45, 2.75) is 25.8 Å². The third-order valence-electron chi connectivity index (χ3n) is 5.01. The van der Waals surface area contributed by atoms with Gasteiger partial charge in [-0.25, -0.2) is 0 Å². The van der Waals surface area contributed by atoms with Crippen molar-refractivity contribution in [3.05, 3.63) is 53.3 Å². The molecule has 1 aromatic carbocycles. The van der Waals surface area contributed by atoms with Gasteiger partial charge in [-0.1, -0.05) is 13.0 Å². The number of ether oxygens (including phenoxy) is 2. The first-order chi connectivity index (χ1) is 12.8. The SMILES string of the molecule is CCc1ccc(C(c2ccc(OC)cc2OC)N2CCCNCC2)nc1. The summed E-state index contributed by atoms with van der Waals surface area (Å²) in [5, 5.41) is 3.49. The number of nitrogens with one attached hydrogen (secondary N) is 1. The number of aryl methyl sites for hydroxylation is 1. The summed E-state index contributed by atoms with van der Waals surface area (Å²) in [6, 6.07) is 10.5. The summed E-state index contributed by atoms with van der Waals surface area (Å²) in [7, 11) is 3.39. The molecule has 1 aliphatic rings. The van der Waals surface area contributed by atoms with Crippen molar-refractivity contribution in [1.29, 1.82) is 0 Å². The molecule has 140 valence electrons. The van der Waals surface area contributed by atoms with Crippen molar-refractivity contribution in [2.75, 3.05) is 40.4 Å². The van der Waals surface area contributed by atoms with Gasteiger partial charge in [0.15, 0.2) is 0 Å². The summed E-state index contributed by atoms with van der Waals surface area (Å²) >= 11 is 0. The molecule has 1 unspecified atom stereocenters. The third kappa shape index (κ3) is 4.17. The zero-order valence-corrected chi connectivity index (χ0v) is 16.0. The van der Waals surface area contributed by atoms with Crippen LogP contribution in [0.3, 0.4) is 0 Å². The van der Waals surface area contributed by atoms with Crippen LogP contribution < -0.4 is 14.8 Å². The van der Waals surface area contributed by atoms with Gasteiger partial charge < -0.3 is 14.8 Å². The van der Waals surface area contributed by atoms with Crippen molar-refractivity contribution in [2.24, 2.45) is 0 Å². The summed E-state index contributed by atoms with van der Waals surface area (Å²) in [5.74, 6) is 1.64. The molecule has 3 rings (SSSR count). The van der Waals surface area contributed by atoms with Crippen LogP contribution >= 0.6 is 0 Å². The van der Waals surface area contributed by atoms with E-state index in [9.17, 15) is 0 Å². The number of pyridine rings is 1. The van der Waals surface area contributed by atoms with Gasteiger partial charge in [-0.05, 0) is 43.1 Å². The molecular weight excluding hydrogens is 326 g/mol. The zero-order chi connectivity index (χ0) is 18.4. The second-order valence-corrected chi connectivity index (χ2v) is 6.59. The van der Waals surface area contributed by atoms with Gasteiger partial charge in [0.25, 0.3) is 0 Å². The van der Waals surface area contributed by atoms with Gasteiger partial charge in [-0.15, -0.1) is 0 Å². The van der Waals surface area contributed by atoms with Crippen LogP contribution in [0.25, 0.3) is 0 Å². The van der Waals surface area contributed by atoms with E-state index in [0.29, 0.717) is 0 Å². The molecule has 5 nitrogen and oxygen atoms in total. The van der Waals surface area contributed by atoms with Crippen molar-refractivity contribution >= 4 is 0 Å². The molecule has 0 saturated carbocycles. The highest BCUT2D eigenvalue weighted by atomic mass is 16.5. The molecule has 26 heavy (non-hydrogen) atoms. The third-order valence-corrected chi connectivity index (χ3v) is 5.01. The van der Waals surface area contributed by atoms with Crippen LogP contribution in [-0.2, 0) is 6.42 Å². The van der Waals surface area contributed by atoms with E-state index < -0.39 is 0 Å². The molecule has 1 saturated heterocycles. The Kier molecular flexibility index (Phi) is 6.47. The van der Waals surface area contributed by atoms with Crippen LogP contribution in [0.1, 0.15) is 36.2 Å². The maximum absolute atomic E-state index is 5.71. The average molecular weight is 355 g/mol. The van der Waals surface area contributed by atoms with E-state index in [2.05, 4.69) is 35.3 Å². The Labute approximate surface area is 156 Å². The molecule has 1 fully saturated rings. The van der Waals surface area contributed by atoms with Gasteiger partial charge in [0.1, 0.15) is 11.5 Å². The molecule has 0 radical (unpaired) electrons. The number of nitrogens with zero attached hydrogens (tertiary/aromatic N) is 2. The predicted octanol–water partition coefficient (Wildman–Crippen LogP) is 3.05. The minimum absolute atomic E-state index is 0.0710. The van der Waals surface area contributed by atoms with E-state index in [1.54, 1.807) is 14.2 Å². The molecule has 0 spiro atoms. The molecule has 0 aliphatic carbocycles. The highest BCUT2D eigenvalue weighted by molar-refractivity contribution is 5.45. The Bertz CT molecular complexity index is 695. The predicted molar refractivity (Wildman–Crippen MR) is 104 cm³/mol. The molecule has 1 N–H and O–H groups in total. The van der Waals surface area contributed by atoms with E-state index in [1.807, 2.05) is 18.3 Å².